The Morgan fingerprint density at radius 2 is 1.96 bits per heavy atom. The van der Waals surface area contributed by atoms with Crippen LogP contribution in [-0.4, -0.2) is 23.0 Å². The average molecular weight is 410 g/mol. The van der Waals surface area contributed by atoms with Gasteiger partial charge in [-0.25, -0.2) is 4.98 Å². The molecule has 2 aromatic carbocycles. The number of benzene rings is 2. The molecule has 0 unspecified atom stereocenters. The molecule has 5 nitrogen and oxygen atoms in total. The summed E-state index contributed by atoms with van der Waals surface area (Å²) < 4.78 is 6.39. The summed E-state index contributed by atoms with van der Waals surface area (Å²) in [6.07, 6.45) is 1.70. The fraction of sp³-hybridized carbons (Fsp3) is 0.0952. The topological polar surface area (TPSA) is 55.3 Å². The molecule has 2 aromatic heterocycles. The summed E-state index contributed by atoms with van der Waals surface area (Å²) in [5, 5.41) is 1.06. The molecule has 0 atom stereocenters. The lowest BCUT2D eigenvalue weighted by molar-refractivity contribution is 0.0982. The molecular weight excluding hydrogens is 394 g/mol. The molecule has 4 aromatic rings. The number of methoxy groups -OCH3 is 1. The van der Waals surface area contributed by atoms with E-state index >= 15 is 0 Å². The normalized spacial score (nSPS) is 10.8. The summed E-state index contributed by atoms with van der Waals surface area (Å²) in [6, 6.07) is 18.4. The molecule has 0 N–H and O–H groups in total. The minimum Gasteiger partial charge on any atom is -0.496 e. The summed E-state index contributed by atoms with van der Waals surface area (Å²) in [5.41, 5.74) is 1.99. The molecule has 0 spiro atoms. The van der Waals surface area contributed by atoms with Crippen molar-refractivity contribution in [2.24, 2.45) is 0 Å². The van der Waals surface area contributed by atoms with E-state index in [1.807, 2.05) is 42.5 Å². The highest BCUT2D eigenvalue weighted by molar-refractivity contribution is 7.22. The van der Waals surface area contributed by atoms with Crippen LogP contribution in [-0.2, 0) is 6.54 Å². The first-order valence-corrected chi connectivity index (χ1v) is 9.76. The van der Waals surface area contributed by atoms with Crippen LogP contribution >= 0.6 is 22.9 Å². The van der Waals surface area contributed by atoms with E-state index in [1.54, 1.807) is 29.3 Å². The molecule has 0 aliphatic carbocycles. The van der Waals surface area contributed by atoms with Gasteiger partial charge in [-0.1, -0.05) is 41.1 Å². The third-order valence-corrected chi connectivity index (χ3v) is 5.49. The number of thiazole rings is 1. The number of para-hydroxylation sites is 1. The molecule has 0 aliphatic rings. The fourth-order valence-electron chi connectivity index (χ4n) is 2.85. The van der Waals surface area contributed by atoms with E-state index in [0.29, 0.717) is 21.5 Å². The van der Waals surface area contributed by atoms with Crippen molar-refractivity contribution in [1.29, 1.82) is 0 Å². The Kier molecular flexibility index (Phi) is 5.23. The van der Waals surface area contributed by atoms with E-state index in [1.165, 1.54) is 18.4 Å². The average Bonchev–Trinajstić information content (AvgIpc) is 3.16. The van der Waals surface area contributed by atoms with Gasteiger partial charge in [0.15, 0.2) is 5.13 Å². The van der Waals surface area contributed by atoms with Crippen molar-refractivity contribution >= 4 is 44.2 Å². The summed E-state index contributed by atoms with van der Waals surface area (Å²) in [5.74, 6) is 0.214. The van der Waals surface area contributed by atoms with Crippen molar-refractivity contribution in [2.45, 2.75) is 6.54 Å². The number of pyridine rings is 1. The second kappa shape index (κ2) is 7.96. The largest absolute Gasteiger partial charge is 0.496 e. The number of rotatable bonds is 5. The molecular formula is C21H16ClN3O2S. The van der Waals surface area contributed by atoms with Crippen LogP contribution < -0.4 is 9.64 Å². The van der Waals surface area contributed by atoms with Crippen molar-refractivity contribution in [2.75, 3.05) is 12.0 Å². The smallest absolute Gasteiger partial charge is 0.264 e. The van der Waals surface area contributed by atoms with Crippen molar-refractivity contribution in [3.05, 3.63) is 83.1 Å². The van der Waals surface area contributed by atoms with E-state index < -0.39 is 0 Å². The van der Waals surface area contributed by atoms with E-state index in [9.17, 15) is 4.79 Å². The van der Waals surface area contributed by atoms with Gasteiger partial charge < -0.3 is 4.74 Å². The van der Waals surface area contributed by atoms with Crippen LogP contribution in [0.1, 0.15) is 16.1 Å². The number of carbonyl (C=O) groups excluding carboxylic acids is 1. The number of nitrogens with zero attached hydrogens (tertiary/aromatic N) is 3. The first kappa shape index (κ1) is 18.4. The van der Waals surface area contributed by atoms with Gasteiger partial charge in [0.2, 0.25) is 0 Å². The lowest BCUT2D eigenvalue weighted by Gasteiger charge is -2.21. The second-order valence-electron chi connectivity index (χ2n) is 6.02. The first-order valence-electron chi connectivity index (χ1n) is 8.56. The predicted octanol–water partition coefficient (Wildman–Crippen LogP) is 5.20. The third kappa shape index (κ3) is 3.69. The molecule has 0 radical (unpaired) electrons. The number of fused-ring (bicyclic) bond motifs is 1. The maximum Gasteiger partial charge on any atom is 0.264 e. The Bertz CT molecular complexity index is 1100. The highest BCUT2D eigenvalue weighted by Gasteiger charge is 2.25. The summed E-state index contributed by atoms with van der Waals surface area (Å²) in [4.78, 5) is 24.1. The molecule has 0 saturated heterocycles. The van der Waals surface area contributed by atoms with Crippen LogP contribution in [0.4, 0.5) is 5.13 Å². The molecule has 140 valence electrons. The number of amides is 1. The summed E-state index contributed by atoms with van der Waals surface area (Å²) in [6.45, 7) is 0.287. The zero-order valence-corrected chi connectivity index (χ0v) is 16.6. The third-order valence-electron chi connectivity index (χ3n) is 4.20. The number of carbonyl (C=O) groups is 1. The predicted molar refractivity (Wildman–Crippen MR) is 112 cm³/mol. The van der Waals surface area contributed by atoms with Crippen LogP contribution in [0.5, 0.6) is 5.75 Å². The van der Waals surface area contributed by atoms with Gasteiger partial charge in [-0.15, -0.1) is 0 Å². The Hall–Kier alpha value is -2.96. The fourth-order valence-corrected chi connectivity index (χ4v) is 3.98. The lowest BCUT2D eigenvalue weighted by atomic mass is 10.1. The van der Waals surface area contributed by atoms with Gasteiger partial charge in [0.25, 0.3) is 5.91 Å². The molecule has 1 amide bonds. The zero-order chi connectivity index (χ0) is 19.5. The van der Waals surface area contributed by atoms with Gasteiger partial charge >= 0.3 is 0 Å². The van der Waals surface area contributed by atoms with E-state index in [2.05, 4.69) is 9.97 Å². The zero-order valence-electron chi connectivity index (χ0n) is 15.0. The number of hydrogen-bond donors (Lipinski definition) is 0. The minimum absolute atomic E-state index is 0.246. The SMILES string of the molecule is COc1ccc(Cl)cc1C(=O)N(Cc1ccccn1)c1nc2ccccc2s1. The van der Waals surface area contributed by atoms with Crippen molar-refractivity contribution in [3.63, 3.8) is 0 Å². The van der Waals surface area contributed by atoms with Crippen molar-refractivity contribution < 1.29 is 9.53 Å². The molecule has 4 rings (SSSR count). The Labute approximate surface area is 171 Å². The summed E-state index contributed by atoms with van der Waals surface area (Å²) in [7, 11) is 1.53. The molecule has 2 heterocycles. The van der Waals surface area contributed by atoms with E-state index in [-0.39, 0.29) is 12.5 Å². The van der Waals surface area contributed by atoms with Gasteiger partial charge in [0, 0.05) is 11.2 Å². The first-order chi connectivity index (χ1) is 13.7. The van der Waals surface area contributed by atoms with Gasteiger partial charge in [0.1, 0.15) is 5.75 Å². The number of ether oxygens (including phenoxy) is 1. The number of anilines is 1. The van der Waals surface area contributed by atoms with Gasteiger partial charge in [-0.05, 0) is 42.5 Å². The number of hydrogen-bond acceptors (Lipinski definition) is 5. The number of halogens is 1. The maximum atomic E-state index is 13.5. The van der Waals surface area contributed by atoms with Crippen LogP contribution in [0.3, 0.4) is 0 Å². The summed E-state index contributed by atoms with van der Waals surface area (Å²) >= 11 is 7.60. The van der Waals surface area contributed by atoms with Crippen molar-refractivity contribution in [1.82, 2.24) is 9.97 Å². The Morgan fingerprint density at radius 1 is 1.14 bits per heavy atom. The minimum atomic E-state index is -0.246. The molecule has 0 fully saturated rings. The lowest BCUT2D eigenvalue weighted by Crippen LogP contribution is -2.31. The standard InChI is InChI=1S/C21H16ClN3O2S/c1-27-18-10-9-14(22)12-16(18)20(26)25(13-15-6-4-5-11-23-15)21-24-17-7-2-3-8-19(17)28-21/h2-12H,13H2,1H3. The number of aromatic nitrogens is 2. The Balaban J connectivity index is 1.80. The molecule has 28 heavy (non-hydrogen) atoms. The molecule has 0 saturated carbocycles. The molecule has 7 heteroatoms. The van der Waals surface area contributed by atoms with Crippen LogP contribution in [0.15, 0.2) is 66.9 Å². The highest BCUT2D eigenvalue weighted by atomic mass is 35.5. The molecule has 0 aliphatic heterocycles. The monoisotopic (exact) mass is 409 g/mol. The van der Waals surface area contributed by atoms with Gasteiger partial charge in [-0.2, -0.15) is 0 Å². The van der Waals surface area contributed by atoms with Gasteiger partial charge in [-0.3, -0.25) is 14.7 Å². The van der Waals surface area contributed by atoms with Crippen LogP contribution in [0.25, 0.3) is 10.2 Å². The van der Waals surface area contributed by atoms with Crippen LogP contribution in [0.2, 0.25) is 5.02 Å². The maximum absolute atomic E-state index is 13.5. The second-order valence-corrected chi connectivity index (χ2v) is 7.47. The Morgan fingerprint density at radius 3 is 2.71 bits per heavy atom. The van der Waals surface area contributed by atoms with Gasteiger partial charge in [0.05, 0.1) is 35.1 Å². The van der Waals surface area contributed by atoms with E-state index in [0.717, 1.165) is 15.9 Å². The van der Waals surface area contributed by atoms with Crippen molar-refractivity contribution in [3.8, 4) is 5.75 Å². The molecule has 0 bridgehead atoms. The quantitative estimate of drug-likeness (QED) is 0.454. The van der Waals surface area contributed by atoms with Crippen LogP contribution in [0, 0.1) is 0 Å². The highest BCUT2D eigenvalue weighted by Crippen LogP contribution is 2.32. The van der Waals surface area contributed by atoms with E-state index in [4.69, 9.17) is 16.3 Å².